The molecule has 3 N–H and O–H groups in total. The first-order valence-electron chi connectivity index (χ1n) is 5.22. The Morgan fingerprint density at radius 2 is 2.31 bits per heavy atom. The van der Waals surface area contributed by atoms with Gasteiger partial charge in [-0.2, -0.15) is 0 Å². The Morgan fingerprint density at radius 1 is 1.62 bits per heavy atom. The molecule has 7 heteroatoms. The molecule has 0 bridgehead atoms. The van der Waals surface area contributed by atoms with Crippen molar-refractivity contribution < 1.29 is 8.42 Å². The number of nitrogens with zero attached hydrogens (tertiary/aromatic N) is 2. The highest BCUT2D eigenvalue weighted by atomic mass is 32.2. The number of aromatic nitrogens is 2. The number of nitrogens with two attached hydrogens (primary N) is 1. The van der Waals surface area contributed by atoms with E-state index in [-0.39, 0.29) is 11.1 Å². The number of rotatable bonds is 6. The summed E-state index contributed by atoms with van der Waals surface area (Å²) in [5.74, 6) is 0. The highest BCUT2D eigenvalue weighted by Gasteiger charge is 2.16. The molecule has 6 nitrogen and oxygen atoms in total. The Hall–Kier alpha value is -0.920. The summed E-state index contributed by atoms with van der Waals surface area (Å²) in [5, 5.41) is 0.0547. The highest BCUT2D eigenvalue weighted by Crippen LogP contribution is 2.04. The number of hydrogen-bond acceptors (Lipinski definition) is 4. The van der Waals surface area contributed by atoms with E-state index < -0.39 is 10.0 Å². The fraction of sp³-hybridized carbons (Fsp3) is 0.667. The molecule has 0 aliphatic heterocycles. The van der Waals surface area contributed by atoms with Crippen molar-refractivity contribution in [2.45, 2.75) is 37.9 Å². The summed E-state index contributed by atoms with van der Waals surface area (Å²) in [6.45, 7) is 4.78. The van der Waals surface area contributed by atoms with Gasteiger partial charge >= 0.3 is 0 Å². The van der Waals surface area contributed by atoms with E-state index in [2.05, 4.69) is 9.71 Å². The minimum Gasteiger partial charge on any atom is -0.336 e. The molecular weight excluding hydrogens is 228 g/mol. The summed E-state index contributed by atoms with van der Waals surface area (Å²) >= 11 is 0. The van der Waals surface area contributed by atoms with Gasteiger partial charge < -0.3 is 10.3 Å². The van der Waals surface area contributed by atoms with Crippen molar-refractivity contribution in [1.82, 2.24) is 14.3 Å². The van der Waals surface area contributed by atoms with E-state index in [9.17, 15) is 8.42 Å². The van der Waals surface area contributed by atoms with Crippen molar-refractivity contribution in [1.29, 1.82) is 0 Å². The fourth-order valence-electron chi connectivity index (χ4n) is 1.15. The zero-order valence-electron chi connectivity index (χ0n) is 9.55. The molecule has 1 aromatic rings. The van der Waals surface area contributed by atoms with Crippen LogP contribution in [-0.2, 0) is 16.6 Å². The van der Waals surface area contributed by atoms with E-state index in [1.807, 2.05) is 13.8 Å². The Labute approximate surface area is 95.9 Å². The van der Waals surface area contributed by atoms with Crippen LogP contribution in [0.5, 0.6) is 0 Å². The molecule has 92 valence electrons. The second-order valence-corrected chi connectivity index (χ2v) is 5.42. The zero-order chi connectivity index (χ0) is 12.2. The lowest BCUT2D eigenvalue weighted by Crippen LogP contribution is -2.29. The molecule has 0 aliphatic carbocycles. The molecule has 0 radical (unpaired) electrons. The third kappa shape index (κ3) is 3.58. The average molecular weight is 246 g/mol. The monoisotopic (exact) mass is 246 g/mol. The molecule has 1 unspecified atom stereocenters. The van der Waals surface area contributed by atoms with Gasteiger partial charge in [-0.25, -0.2) is 18.1 Å². The van der Waals surface area contributed by atoms with Crippen LogP contribution in [0.25, 0.3) is 0 Å². The smallest absolute Gasteiger partial charge is 0.259 e. The minimum atomic E-state index is -3.48. The van der Waals surface area contributed by atoms with Crippen molar-refractivity contribution >= 4 is 10.0 Å². The predicted molar refractivity (Wildman–Crippen MR) is 61.4 cm³/mol. The van der Waals surface area contributed by atoms with Gasteiger partial charge in [0.2, 0.25) is 0 Å². The van der Waals surface area contributed by atoms with Gasteiger partial charge in [-0.3, -0.25) is 0 Å². The molecule has 0 amide bonds. The number of nitrogens with one attached hydrogen (secondary N) is 1. The molecule has 16 heavy (non-hydrogen) atoms. The summed E-state index contributed by atoms with van der Waals surface area (Å²) in [6.07, 6.45) is 3.61. The van der Waals surface area contributed by atoms with E-state index in [1.165, 1.54) is 12.5 Å². The van der Waals surface area contributed by atoms with Gasteiger partial charge in [-0.05, 0) is 20.3 Å². The largest absolute Gasteiger partial charge is 0.336 e. The van der Waals surface area contributed by atoms with Crippen LogP contribution in [0.2, 0.25) is 0 Å². The van der Waals surface area contributed by atoms with Crippen molar-refractivity contribution in [2.24, 2.45) is 5.73 Å². The molecule has 0 aliphatic rings. The Kier molecular flexibility index (Phi) is 4.45. The van der Waals surface area contributed by atoms with Gasteiger partial charge in [-0.15, -0.1) is 0 Å². The van der Waals surface area contributed by atoms with Gasteiger partial charge in [0, 0.05) is 25.3 Å². The van der Waals surface area contributed by atoms with E-state index in [0.717, 1.165) is 0 Å². The first-order chi connectivity index (χ1) is 7.45. The summed E-state index contributed by atoms with van der Waals surface area (Å²) in [4.78, 5) is 3.84. The van der Waals surface area contributed by atoms with Crippen LogP contribution in [0.1, 0.15) is 20.3 Å². The molecule has 0 aromatic carbocycles. The third-order valence-electron chi connectivity index (χ3n) is 2.14. The fourth-order valence-corrected chi connectivity index (χ4v) is 2.14. The highest BCUT2D eigenvalue weighted by molar-refractivity contribution is 7.89. The van der Waals surface area contributed by atoms with Crippen LogP contribution < -0.4 is 10.5 Å². The summed E-state index contributed by atoms with van der Waals surface area (Å²) in [5.41, 5.74) is 5.53. The summed E-state index contributed by atoms with van der Waals surface area (Å²) in [7, 11) is -3.48. The molecule has 0 fully saturated rings. The topological polar surface area (TPSA) is 90.0 Å². The van der Waals surface area contributed by atoms with E-state index in [4.69, 9.17) is 5.73 Å². The molecule has 0 saturated carbocycles. The second-order valence-electron chi connectivity index (χ2n) is 3.71. The van der Waals surface area contributed by atoms with Crippen molar-refractivity contribution in [3.8, 4) is 0 Å². The SMILES string of the molecule is CCn1cnc(S(=O)(=O)NCCC(C)N)c1. The maximum absolute atomic E-state index is 11.7. The maximum atomic E-state index is 11.7. The quantitative estimate of drug-likeness (QED) is 0.734. The van der Waals surface area contributed by atoms with Gasteiger partial charge in [0.25, 0.3) is 10.0 Å². The first-order valence-corrected chi connectivity index (χ1v) is 6.71. The Balaban J connectivity index is 2.63. The molecule has 1 rings (SSSR count). The van der Waals surface area contributed by atoms with Crippen LogP contribution in [0, 0.1) is 0 Å². The van der Waals surface area contributed by atoms with E-state index in [0.29, 0.717) is 19.5 Å². The minimum absolute atomic E-state index is 0.0177. The third-order valence-corrected chi connectivity index (χ3v) is 3.49. The van der Waals surface area contributed by atoms with Crippen molar-refractivity contribution in [3.63, 3.8) is 0 Å². The van der Waals surface area contributed by atoms with Gasteiger partial charge in [-0.1, -0.05) is 0 Å². The van der Waals surface area contributed by atoms with Crippen molar-refractivity contribution in [3.05, 3.63) is 12.5 Å². The van der Waals surface area contributed by atoms with Gasteiger partial charge in [0.05, 0.1) is 6.33 Å². The van der Waals surface area contributed by atoms with Crippen molar-refractivity contribution in [2.75, 3.05) is 6.54 Å². The first kappa shape index (κ1) is 13.1. The van der Waals surface area contributed by atoms with E-state index in [1.54, 1.807) is 4.57 Å². The lowest BCUT2D eigenvalue weighted by atomic mass is 10.3. The normalized spacial score (nSPS) is 13.9. The summed E-state index contributed by atoms with van der Waals surface area (Å²) < 4.78 is 27.6. The van der Waals surface area contributed by atoms with Gasteiger partial charge in [0.15, 0.2) is 5.03 Å². The number of hydrogen-bond donors (Lipinski definition) is 2. The second kappa shape index (κ2) is 5.42. The summed E-state index contributed by atoms with van der Waals surface area (Å²) in [6, 6.07) is -0.0177. The number of imidazole rings is 1. The maximum Gasteiger partial charge on any atom is 0.259 e. The number of sulfonamides is 1. The molecular formula is C9H18N4O2S. The zero-order valence-corrected chi connectivity index (χ0v) is 10.4. The lowest BCUT2D eigenvalue weighted by molar-refractivity contribution is 0.568. The average Bonchev–Trinajstić information content (AvgIpc) is 2.65. The van der Waals surface area contributed by atoms with Gasteiger partial charge in [0.1, 0.15) is 0 Å². The van der Waals surface area contributed by atoms with Crippen LogP contribution in [0.3, 0.4) is 0 Å². The Morgan fingerprint density at radius 3 is 2.81 bits per heavy atom. The molecule has 1 atom stereocenters. The van der Waals surface area contributed by atoms with Crippen LogP contribution in [0.15, 0.2) is 17.6 Å². The van der Waals surface area contributed by atoms with Crippen LogP contribution >= 0.6 is 0 Å². The van der Waals surface area contributed by atoms with Crippen LogP contribution in [-0.4, -0.2) is 30.6 Å². The number of aryl methyl sites for hydroxylation is 1. The molecule has 1 aromatic heterocycles. The van der Waals surface area contributed by atoms with Crippen LogP contribution in [0.4, 0.5) is 0 Å². The standard InChI is InChI=1S/C9H18N4O2S/c1-3-13-6-9(11-7-13)16(14,15)12-5-4-8(2)10/h6-8,12H,3-5,10H2,1-2H3. The molecule has 0 spiro atoms. The molecule has 1 heterocycles. The Bertz CT molecular complexity index is 424. The predicted octanol–water partition coefficient (Wildman–Crippen LogP) is -0.0814. The van der Waals surface area contributed by atoms with E-state index >= 15 is 0 Å². The molecule has 0 saturated heterocycles. The lowest BCUT2D eigenvalue weighted by Gasteiger charge is -2.06.